The zero-order valence-corrected chi connectivity index (χ0v) is 19.1. The summed E-state index contributed by atoms with van der Waals surface area (Å²) in [6.07, 6.45) is 12.0. The van der Waals surface area contributed by atoms with Crippen molar-refractivity contribution >= 4 is 10.9 Å². The highest BCUT2D eigenvalue weighted by Crippen LogP contribution is 2.66. The minimum absolute atomic E-state index is 0.163. The van der Waals surface area contributed by atoms with E-state index in [-0.39, 0.29) is 11.4 Å². The highest BCUT2D eigenvalue weighted by Gasteiger charge is 2.59. The second-order valence-electron chi connectivity index (χ2n) is 12.3. The fourth-order valence-electron chi connectivity index (χ4n) is 9.07. The molecule has 4 bridgehead atoms. The molecular weight excluding hydrogens is 387 g/mol. The van der Waals surface area contributed by atoms with E-state index in [9.17, 15) is 9.50 Å². The van der Waals surface area contributed by atoms with Crippen molar-refractivity contribution in [2.24, 2.45) is 16.7 Å². The molecule has 7 rings (SSSR count). The van der Waals surface area contributed by atoms with Gasteiger partial charge in [-0.2, -0.15) is 0 Å². The van der Waals surface area contributed by atoms with Gasteiger partial charge in [0.1, 0.15) is 5.82 Å². The number of benzene rings is 1. The first-order chi connectivity index (χ1) is 14.8. The van der Waals surface area contributed by atoms with Crippen LogP contribution in [0.2, 0.25) is 0 Å². The Hall–Kier alpha value is -1.39. The smallest absolute Gasteiger partial charge is 0.123 e. The van der Waals surface area contributed by atoms with Gasteiger partial charge in [-0.25, -0.2) is 4.39 Å². The lowest BCUT2D eigenvalue weighted by Crippen LogP contribution is -2.65. The molecule has 0 spiro atoms. The molecule has 1 aromatic heterocycles. The van der Waals surface area contributed by atoms with Crippen LogP contribution in [-0.4, -0.2) is 27.9 Å². The van der Waals surface area contributed by atoms with E-state index < -0.39 is 6.10 Å². The van der Waals surface area contributed by atoms with E-state index in [1.807, 2.05) is 6.07 Å². The molecule has 3 nitrogen and oxygen atoms in total. The normalized spacial score (nSPS) is 37.4. The molecular formula is C27H37FN2O. The molecule has 1 heterocycles. The van der Waals surface area contributed by atoms with Crippen LogP contribution in [0.3, 0.4) is 0 Å². The predicted molar refractivity (Wildman–Crippen MR) is 123 cm³/mol. The van der Waals surface area contributed by atoms with Gasteiger partial charge in [0.25, 0.3) is 0 Å². The van der Waals surface area contributed by atoms with Crippen LogP contribution in [0.15, 0.2) is 18.2 Å². The lowest BCUT2D eigenvalue weighted by Gasteiger charge is -2.65. The number of aromatic nitrogens is 1. The van der Waals surface area contributed by atoms with E-state index in [1.165, 1.54) is 62.6 Å². The van der Waals surface area contributed by atoms with Gasteiger partial charge in [0, 0.05) is 28.7 Å². The van der Waals surface area contributed by atoms with Crippen molar-refractivity contribution in [1.29, 1.82) is 0 Å². The Kier molecular flexibility index (Phi) is 4.44. The van der Waals surface area contributed by atoms with Gasteiger partial charge >= 0.3 is 0 Å². The number of hydrogen-bond acceptors (Lipinski definition) is 2. The molecule has 168 valence electrons. The number of fused-ring (bicyclic) bond motifs is 3. The van der Waals surface area contributed by atoms with Crippen LogP contribution in [0, 0.1) is 22.6 Å². The Morgan fingerprint density at radius 1 is 1.10 bits per heavy atom. The molecule has 4 fully saturated rings. The second-order valence-corrected chi connectivity index (χ2v) is 12.3. The molecule has 2 aromatic rings. The molecule has 0 saturated heterocycles. The van der Waals surface area contributed by atoms with Crippen molar-refractivity contribution in [2.75, 3.05) is 6.54 Å². The lowest BCUT2D eigenvalue weighted by molar-refractivity contribution is -0.119. The Morgan fingerprint density at radius 3 is 2.58 bits per heavy atom. The number of nitrogens with one attached hydrogen (secondary N) is 1. The molecule has 3 unspecified atom stereocenters. The Bertz CT molecular complexity index is 1010. The summed E-state index contributed by atoms with van der Waals surface area (Å²) in [5.74, 6) is 0.690. The quantitative estimate of drug-likeness (QED) is 0.678. The molecule has 4 heteroatoms. The lowest BCUT2D eigenvalue weighted by atomic mass is 9.43. The van der Waals surface area contributed by atoms with Crippen molar-refractivity contribution in [3.8, 4) is 0 Å². The molecule has 0 amide bonds. The first kappa shape index (κ1) is 20.2. The van der Waals surface area contributed by atoms with E-state index in [2.05, 4.69) is 23.7 Å². The van der Waals surface area contributed by atoms with Crippen molar-refractivity contribution < 1.29 is 9.50 Å². The predicted octanol–water partition coefficient (Wildman–Crippen LogP) is 5.36. The van der Waals surface area contributed by atoms with Crippen molar-refractivity contribution in [1.82, 2.24) is 9.88 Å². The summed E-state index contributed by atoms with van der Waals surface area (Å²) in [5, 5.41) is 16.1. The van der Waals surface area contributed by atoms with Crippen LogP contribution >= 0.6 is 0 Å². The Morgan fingerprint density at radius 2 is 1.84 bits per heavy atom. The number of halogens is 1. The minimum atomic E-state index is -0.430. The monoisotopic (exact) mass is 424 g/mol. The second kappa shape index (κ2) is 6.81. The molecule has 0 aliphatic heterocycles. The summed E-state index contributed by atoms with van der Waals surface area (Å²) in [5.41, 5.74) is 4.88. The largest absolute Gasteiger partial charge is 0.390 e. The number of hydrogen-bond donors (Lipinski definition) is 2. The maximum Gasteiger partial charge on any atom is 0.123 e. The van der Waals surface area contributed by atoms with Crippen LogP contribution in [0.4, 0.5) is 4.39 Å². The Labute approximate surface area is 185 Å². The number of β-amino-alcohol motifs (C(OH)–C–C–N with tert-alkyl or cyclic N) is 1. The topological polar surface area (TPSA) is 37.2 Å². The average Bonchev–Trinajstić information content (AvgIpc) is 2.97. The van der Waals surface area contributed by atoms with E-state index in [4.69, 9.17) is 0 Å². The van der Waals surface area contributed by atoms with Gasteiger partial charge in [0.05, 0.1) is 12.6 Å². The highest BCUT2D eigenvalue weighted by molar-refractivity contribution is 5.86. The number of aliphatic hydroxyl groups excluding tert-OH is 1. The van der Waals surface area contributed by atoms with Crippen molar-refractivity contribution in [3.63, 3.8) is 0 Å². The third-order valence-electron chi connectivity index (χ3n) is 9.07. The Balaban J connectivity index is 1.22. The number of nitrogens with zero attached hydrogens (tertiary/aromatic N) is 1. The molecule has 2 N–H and O–H groups in total. The molecule has 5 aliphatic rings. The highest BCUT2D eigenvalue weighted by atomic mass is 19.1. The van der Waals surface area contributed by atoms with Gasteiger partial charge in [-0.3, -0.25) is 0 Å². The van der Waals surface area contributed by atoms with Crippen LogP contribution in [0.1, 0.15) is 76.5 Å². The summed E-state index contributed by atoms with van der Waals surface area (Å²) in [6, 6.07) is 5.16. The van der Waals surface area contributed by atoms with E-state index in [0.717, 1.165) is 29.7 Å². The standard InChI is InChI=1S/C27H37FN2O/c1-25-10-18-11-26(2,15-25)17-27(12-18,16-25)29-13-20(31)14-30-23-6-4-3-5-21(23)22-9-19(28)7-8-24(22)30/h7-9,18,20,29,31H,3-6,10-17H2,1-2H3. The van der Waals surface area contributed by atoms with Crippen LogP contribution < -0.4 is 5.32 Å². The van der Waals surface area contributed by atoms with Crippen LogP contribution in [0.25, 0.3) is 10.9 Å². The zero-order chi connectivity index (χ0) is 21.4. The van der Waals surface area contributed by atoms with Crippen molar-refractivity contribution in [3.05, 3.63) is 35.3 Å². The maximum absolute atomic E-state index is 14.0. The van der Waals surface area contributed by atoms with Crippen molar-refractivity contribution in [2.45, 2.75) is 96.2 Å². The van der Waals surface area contributed by atoms with Gasteiger partial charge in [0.15, 0.2) is 0 Å². The first-order valence-corrected chi connectivity index (χ1v) is 12.5. The van der Waals surface area contributed by atoms with Gasteiger partial charge in [-0.05, 0) is 105 Å². The van der Waals surface area contributed by atoms with E-state index in [0.29, 0.717) is 23.9 Å². The fraction of sp³-hybridized carbons (Fsp3) is 0.704. The molecule has 5 aliphatic carbocycles. The third kappa shape index (κ3) is 3.36. The summed E-state index contributed by atoms with van der Waals surface area (Å²) in [6.45, 7) is 6.24. The average molecular weight is 425 g/mol. The SMILES string of the molecule is CC12CC3CC(C)(C1)CC(NCC(O)Cn1c4c(c5cc(F)ccc51)CCCC4)(C3)C2. The van der Waals surface area contributed by atoms with Gasteiger partial charge in [-0.15, -0.1) is 0 Å². The number of aryl methyl sites for hydroxylation is 1. The third-order valence-corrected chi connectivity index (χ3v) is 9.07. The van der Waals surface area contributed by atoms with E-state index in [1.54, 1.807) is 12.1 Å². The summed E-state index contributed by atoms with van der Waals surface area (Å²) >= 11 is 0. The molecule has 0 radical (unpaired) electrons. The summed E-state index contributed by atoms with van der Waals surface area (Å²) in [7, 11) is 0. The zero-order valence-electron chi connectivity index (χ0n) is 19.1. The van der Waals surface area contributed by atoms with Gasteiger partial charge in [0.2, 0.25) is 0 Å². The molecule has 1 aromatic carbocycles. The number of aliphatic hydroxyl groups is 1. The van der Waals surface area contributed by atoms with Crippen LogP contribution in [0.5, 0.6) is 0 Å². The first-order valence-electron chi connectivity index (χ1n) is 12.5. The fourth-order valence-corrected chi connectivity index (χ4v) is 9.07. The minimum Gasteiger partial charge on any atom is -0.390 e. The number of rotatable bonds is 5. The van der Waals surface area contributed by atoms with Gasteiger partial charge in [-0.1, -0.05) is 13.8 Å². The summed E-state index contributed by atoms with van der Waals surface area (Å²) < 4.78 is 16.2. The van der Waals surface area contributed by atoms with Gasteiger partial charge < -0.3 is 15.0 Å². The maximum atomic E-state index is 14.0. The summed E-state index contributed by atoms with van der Waals surface area (Å²) in [4.78, 5) is 0. The molecule has 3 atom stereocenters. The molecule has 4 saturated carbocycles. The molecule has 31 heavy (non-hydrogen) atoms. The van der Waals surface area contributed by atoms with E-state index >= 15 is 0 Å². The van der Waals surface area contributed by atoms with Crippen LogP contribution in [-0.2, 0) is 19.4 Å².